The van der Waals surface area contributed by atoms with E-state index in [9.17, 15) is 9.18 Å². The molecule has 0 atom stereocenters. The number of carbonyl (C=O) groups excluding carboxylic acids is 1. The molecule has 3 nitrogen and oxygen atoms in total. The number of rotatable bonds is 4. The van der Waals surface area contributed by atoms with Crippen molar-refractivity contribution in [2.75, 3.05) is 11.9 Å². The predicted octanol–water partition coefficient (Wildman–Crippen LogP) is 3.54. The second kappa shape index (κ2) is 5.64. The molecule has 5 heteroatoms. The molecule has 94 valence electrons. The fraction of sp³-hybridized carbons (Fsp3) is 0.154. The first-order chi connectivity index (χ1) is 8.70. The normalized spacial score (nSPS) is 10.1. The molecule has 0 bridgehead atoms. The Morgan fingerprint density at radius 1 is 1.44 bits per heavy atom. The van der Waals surface area contributed by atoms with Crippen LogP contribution in [-0.4, -0.2) is 12.5 Å². The number of hydrogen-bond donors (Lipinski definition) is 1. The van der Waals surface area contributed by atoms with E-state index in [1.807, 2.05) is 5.38 Å². The van der Waals surface area contributed by atoms with Gasteiger partial charge in [0.2, 0.25) is 0 Å². The minimum absolute atomic E-state index is 0.187. The topological polar surface area (TPSA) is 38.3 Å². The maximum atomic E-state index is 13.6. The highest BCUT2D eigenvalue weighted by Crippen LogP contribution is 2.22. The van der Waals surface area contributed by atoms with Crippen LogP contribution in [0.3, 0.4) is 0 Å². The summed E-state index contributed by atoms with van der Waals surface area (Å²) in [6.45, 7) is 2.18. The number of benzene rings is 1. The van der Waals surface area contributed by atoms with E-state index in [0.717, 1.165) is 0 Å². The van der Waals surface area contributed by atoms with E-state index < -0.39 is 5.82 Å². The maximum absolute atomic E-state index is 13.6. The third-order valence-electron chi connectivity index (χ3n) is 2.23. The number of ether oxygens (including phenoxy) is 1. The lowest BCUT2D eigenvalue weighted by Gasteiger charge is -2.07. The molecule has 1 aromatic heterocycles. The Labute approximate surface area is 108 Å². The SMILES string of the molecule is CCOc1ccc(NC(=O)c2cccs2)cc1F. The van der Waals surface area contributed by atoms with Gasteiger partial charge >= 0.3 is 0 Å². The van der Waals surface area contributed by atoms with Crippen molar-refractivity contribution in [3.8, 4) is 5.75 Å². The summed E-state index contributed by atoms with van der Waals surface area (Å²) in [5.74, 6) is -0.541. The van der Waals surface area contributed by atoms with Crippen molar-refractivity contribution in [2.45, 2.75) is 6.92 Å². The van der Waals surface area contributed by atoms with Crippen LogP contribution in [-0.2, 0) is 0 Å². The molecule has 0 fully saturated rings. The van der Waals surface area contributed by atoms with Crippen molar-refractivity contribution in [3.05, 3.63) is 46.4 Å². The quantitative estimate of drug-likeness (QED) is 0.918. The van der Waals surface area contributed by atoms with Gasteiger partial charge in [0, 0.05) is 11.8 Å². The Morgan fingerprint density at radius 3 is 2.89 bits per heavy atom. The average Bonchev–Trinajstić information content (AvgIpc) is 2.86. The van der Waals surface area contributed by atoms with Gasteiger partial charge < -0.3 is 10.1 Å². The first kappa shape index (κ1) is 12.6. The molecule has 1 amide bonds. The molecule has 0 unspecified atom stereocenters. The molecule has 0 saturated carbocycles. The molecule has 0 spiro atoms. The molecule has 0 aliphatic heterocycles. The molecule has 0 aliphatic rings. The van der Waals surface area contributed by atoms with Gasteiger partial charge in [-0.1, -0.05) is 6.07 Å². The third kappa shape index (κ3) is 2.87. The highest BCUT2D eigenvalue weighted by molar-refractivity contribution is 7.12. The number of hydrogen-bond acceptors (Lipinski definition) is 3. The number of amides is 1. The number of halogens is 1. The Hall–Kier alpha value is -1.88. The van der Waals surface area contributed by atoms with E-state index in [1.165, 1.54) is 23.5 Å². The largest absolute Gasteiger partial charge is 0.491 e. The Balaban J connectivity index is 2.11. The van der Waals surface area contributed by atoms with Crippen LogP contribution in [0.4, 0.5) is 10.1 Å². The molecule has 0 radical (unpaired) electrons. The van der Waals surface area contributed by atoms with Crippen LogP contribution >= 0.6 is 11.3 Å². The smallest absolute Gasteiger partial charge is 0.265 e. The minimum Gasteiger partial charge on any atom is -0.491 e. The zero-order valence-corrected chi connectivity index (χ0v) is 10.6. The number of nitrogens with one attached hydrogen (secondary N) is 1. The van der Waals surface area contributed by atoms with Crippen LogP contribution in [0.5, 0.6) is 5.75 Å². The molecule has 1 N–H and O–H groups in total. The summed E-state index contributed by atoms with van der Waals surface area (Å²) in [5.41, 5.74) is 0.411. The first-order valence-corrected chi connectivity index (χ1v) is 6.36. The van der Waals surface area contributed by atoms with Gasteiger partial charge in [0.05, 0.1) is 11.5 Å². The average molecular weight is 265 g/mol. The third-order valence-corrected chi connectivity index (χ3v) is 3.10. The summed E-state index contributed by atoms with van der Waals surface area (Å²) in [6, 6.07) is 7.86. The molecule has 2 aromatic rings. The first-order valence-electron chi connectivity index (χ1n) is 5.48. The van der Waals surface area contributed by atoms with E-state index in [-0.39, 0.29) is 11.7 Å². The van der Waals surface area contributed by atoms with Crippen LogP contribution in [0.1, 0.15) is 16.6 Å². The zero-order chi connectivity index (χ0) is 13.0. The number of anilines is 1. The van der Waals surface area contributed by atoms with Gasteiger partial charge in [-0.05, 0) is 30.5 Å². The van der Waals surface area contributed by atoms with Gasteiger partial charge in [-0.2, -0.15) is 0 Å². The Morgan fingerprint density at radius 2 is 2.28 bits per heavy atom. The minimum atomic E-state index is -0.485. The molecule has 0 aliphatic carbocycles. The molecular formula is C13H12FNO2S. The highest BCUT2D eigenvalue weighted by Gasteiger charge is 2.09. The summed E-state index contributed by atoms with van der Waals surface area (Å²) in [7, 11) is 0. The highest BCUT2D eigenvalue weighted by atomic mass is 32.1. The van der Waals surface area contributed by atoms with E-state index >= 15 is 0 Å². The van der Waals surface area contributed by atoms with Gasteiger partial charge in [0.1, 0.15) is 0 Å². The van der Waals surface area contributed by atoms with Gasteiger partial charge in [-0.3, -0.25) is 4.79 Å². The second-order valence-electron chi connectivity index (χ2n) is 3.51. The molecule has 0 saturated heterocycles. The van der Waals surface area contributed by atoms with Crippen LogP contribution in [0.15, 0.2) is 35.7 Å². The molecular weight excluding hydrogens is 253 g/mol. The number of carbonyl (C=O) groups is 1. The van der Waals surface area contributed by atoms with Crippen LogP contribution in [0.2, 0.25) is 0 Å². The lowest BCUT2D eigenvalue weighted by Crippen LogP contribution is -2.10. The van der Waals surface area contributed by atoms with Crippen molar-refractivity contribution in [3.63, 3.8) is 0 Å². The van der Waals surface area contributed by atoms with Crippen LogP contribution < -0.4 is 10.1 Å². The second-order valence-corrected chi connectivity index (χ2v) is 4.46. The van der Waals surface area contributed by atoms with Gasteiger partial charge in [0.25, 0.3) is 5.91 Å². The lowest BCUT2D eigenvalue weighted by atomic mass is 10.3. The van der Waals surface area contributed by atoms with Crippen molar-refractivity contribution >= 4 is 22.9 Å². The molecule has 1 heterocycles. The predicted molar refractivity (Wildman–Crippen MR) is 69.8 cm³/mol. The fourth-order valence-electron chi connectivity index (χ4n) is 1.45. The van der Waals surface area contributed by atoms with E-state index in [4.69, 9.17) is 4.74 Å². The molecule has 18 heavy (non-hydrogen) atoms. The van der Waals surface area contributed by atoms with Gasteiger partial charge in [-0.25, -0.2) is 4.39 Å². The summed E-state index contributed by atoms with van der Waals surface area (Å²) in [6.07, 6.45) is 0. The Bertz CT molecular complexity index is 540. The van der Waals surface area contributed by atoms with Crippen molar-refractivity contribution in [1.29, 1.82) is 0 Å². The lowest BCUT2D eigenvalue weighted by molar-refractivity contribution is 0.103. The standard InChI is InChI=1S/C13H12FNO2S/c1-2-17-11-6-5-9(8-10(11)14)15-13(16)12-4-3-7-18-12/h3-8H,2H2,1H3,(H,15,16). The van der Waals surface area contributed by atoms with Gasteiger partial charge in [-0.15, -0.1) is 11.3 Å². The van der Waals surface area contributed by atoms with E-state index in [0.29, 0.717) is 17.2 Å². The summed E-state index contributed by atoms with van der Waals surface area (Å²) >= 11 is 1.34. The van der Waals surface area contributed by atoms with E-state index in [2.05, 4.69) is 5.32 Å². The molecule has 1 aromatic carbocycles. The van der Waals surface area contributed by atoms with Crippen molar-refractivity contribution in [1.82, 2.24) is 0 Å². The van der Waals surface area contributed by atoms with Crippen LogP contribution in [0.25, 0.3) is 0 Å². The monoisotopic (exact) mass is 265 g/mol. The summed E-state index contributed by atoms with van der Waals surface area (Å²) in [4.78, 5) is 12.3. The fourth-order valence-corrected chi connectivity index (χ4v) is 2.07. The van der Waals surface area contributed by atoms with Crippen molar-refractivity contribution < 1.29 is 13.9 Å². The summed E-state index contributed by atoms with van der Waals surface area (Å²) < 4.78 is 18.6. The molecule has 2 rings (SSSR count). The van der Waals surface area contributed by atoms with Gasteiger partial charge in [0.15, 0.2) is 11.6 Å². The summed E-state index contributed by atoms with van der Waals surface area (Å²) in [5, 5.41) is 4.44. The number of thiophene rings is 1. The van der Waals surface area contributed by atoms with E-state index in [1.54, 1.807) is 25.1 Å². The van der Waals surface area contributed by atoms with Crippen molar-refractivity contribution in [2.24, 2.45) is 0 Å². The maximum Gasteiger partial charge on any atom is 0.265 e. The Kier molecular flexibility index (Phi) is 3.94. The van der Waals surface area contributed by atoms with Crippen LogP contribution in [0, 0.1) is 5.82 Å². The zero-order valence-electron chi connectivity index (χ0n) is 9.77.